The minimum absolute atomic E-state index is 0.387. The number of nitrogens with one attached hydrogen (secondary N) is 1. The largest absolute Gasteiger partial charge is 0.375 e. The standard InChI is InChI=1S/C8H18N2OS/c1-7(4-9)12-6-8-5-10-2-3-11-8/h7-8,10H,2-6,9H2,1H3. The minimum atomic E-state index is 0.387. The zero-order chi connectivity index (χ0) is 8.81. The van der Waals surface area contributed by atoms with E-state index in [2.05, 4.69) is 12.2 Å². The van der Waals surface area contributed by atoms with Crippen LogP contribution in [0.25, 0.3) is 0 Å². The first kappa shape index (κ1) is 10.3. The Kier molecular flexibility index (Phi) is 4.99. The Morgan fingerprint density at radius 1 is 1.75 bits per heavy atom. The Morgan fingerprint density at radius 3 is 3.17 bits per heavy atom. The molecule has 0 aromatic heterocycles. The molecule has 0 saturated carbocycles. The topological polar surface area (TPSA) is 47.3 Å². The van der Waals surface area contributed by atoms with Crippen LogP contribution in [0.5, 0.6) is 0 Å². The first-order chi connectivity index (χ1) is 5.83. The van der Waals surface area contributed by atoms with Gasteiger partial charge in [-0.05, 0) is 0 Å². The summed E-state index contributed by atoms with van der Waals surface area (Å²) in [5.41, 5.74) is 5.51. The van der Waals surface area contributed by atoms with Crippen molar-refractivity contribution in [2.24, 2.45) is 5.73 Å². The molecular weight excluding hydrogens is 172 g/mol. The fourth-order valence-corrected chi connectivity index (χ4v) is 1.96. The fraction of sp³-hybridized carbons (Fsp3) is 1.00. The lowest BCUT2D eigenvalue weighted by molar-refractivity contribution is 0.0440. The molecule has 1 rings (SSSR count). The van der Waals surface area contributed by atoms with Crippen LogP contribution in [0, 0.1) is 0 Å². The summed E-state index contributed by atoms with van der Waals surface area (Å²) in [5.74, 6) is 1.06. The van der Waals surface area contributed by atoms with Crippen LogP contribution in [0.2, 0.25) is 0 Å². The molecule has 0 radical (unpaired) electrons. The average Bonchev–Trinajstić information content (AvgIpc) is 2.16. The van der Waals surface area contributed by atoms with E-state index in [0.717, 1.165) is 32.0 Å². The van der Waals surface area contributed by atoms with E-state index in [1.807, 2.05) is 11.8 Å². The molecule has 12 heavy (non-hydrogen) atoms. The second kappa shape index (κ2) is 5.80. The number of nitrogens with two attached hydrogens (primary N) is 1. The van der Waals surface area contributed by atoms with E-state index < -0.39 is 0 Å². The molecule has 1 heterocycles. The summed E-state index contributed by atoms with van der Waals surface area (Å²) < 4.78 is 5.55. The maximum Gasteiger partial charge on any atom is 0.0790 e. The number of thioether (sulfide) groups is 1. The highest BCUT2D eigenvalue weighted by Crippen LogP contribution is 2.12. The van der Waals surface area contributed by atoms with Gasteiger partial charge in [-0.25, -0.2) is 0 Å². The third kappa shape index (κ3) is 3.76. The van der Waals surface area contributed by atoms with Gasteiger partial charge in [0.15, 0.2) is 0 Å². The molecule has 0 aromatic rings. The normalized spacial score (nSPS) is 27.0. The second-order valence-corrected chi connectivity index (χ2v) is 4.55. The van der Waals surface area contributed by atoms with Crippen LogP contribution in [-0.2, 0) is 4.74 Å². The van der Waals surface area contributed by atoms with E-state index in [1.165, 1.54) is 0 Å². The SMILES string of the molecule is CC(CN)SCC1CNCCO1. The lowest BCUT2D eigenvalue weighted by atomic mass is 10.3. The predicted molar refractivity (Wildman–Crippen MR) is 53.6 cm³/mol. The highest BCUT2D eigenvalue weighted by molar-refractivity contribution is 7.99. The first-order valence-corrected chi connectivity index (χ1v) is 5.51. The van der Waals surface area contributed by atoms with E-state index in [1.54, 1.807) is 0 Å². The molecule has 1 fully saturated rings. The third-order valence-corrected chi connectivity index (χ3v) is 3.23. The molecule has 4 heteroatoms. The highest BCUT2D eigenvalue weighted by atomic mass is 32.2. The molecule has 0 aliphatic carbocycles. The maximum absolute atomic E-state index is 5.55. The van der Waals surface area contributed by atoms with Gasteiger partial charge in [0.1, 0.15) is 0 Å². The Bertz CT molecular complexity index is 118. The zero-order valence-electron chi connectivity index (χ0n) is 7.58. The summed E-state index contributed by atoms with van der Waals surface area (Å²) in [7, 11) is 0. The Hall–Kier alpha value is 0.230. The van der Waals surface area contributed by atoms with Gasteiger partial charge < -0.3 is 15.8 Å². The van der Waals surface area contributed by atoms with Crippen molar-refractivity contribution in [3.8, 4) is 0 Å². The summed E-state index contributed by atoms with van der Waals surface area (Å²) in [5, 5.41) is 3.86. The maximum atomic E-state index is 5.55. The second-order valence-electron chi connectivity index (χ2n) is 3.08. The van der Waals surface area contributed by atoms with Crippen LogP contribution >= 0.6 is 11.8 Å². The van der Waals surface area contributed by atoms with Crippen molar-refractivity contribution >= 4 is 11.8 Å². The molecule has 72 valence electrons. The lowest BCUT2D eigenvalue weighted by Crippen LogP contribution is -2.40. The van der Waals surface area contributed by atoms with E-state index >= 15 is 0 Å². The van der Waals surface area contributed by atoms with Crippen molar-refractivity contribution in [3.05, 3.63) is 0 Å². The van der Waals surface area contributed by atoms with Crippen LogP contribution in [0.4, 0.5) is 0 Å². The summed E-state index contributed by atoms with van der Waals surface area (Å²) in [6.07, 6.45) is 0.387. The molecular formula is C8H18N2OS. The monoisotopic (exact) mass is 190 g/mol. The zero-order valence-corrected chi connectivity index (χ0v) is 8.40. The van der Waals surface area contributed by atoms with E-state index in [-0.39, 0.29) is 0 Å². The average molecular weight is 190 g/mol. The fourth-order valence-electron chi connectivity index (χ4n) is 1.07. The van der Waals surface area contributed by atoms with Crippen molar-refractivity contribution in [2.45, 2.75) is 18.3 Å². The number of hydrogen-bond donors (Lipinski definition) is 2. The van der Waals surface area contributed by atoms with Crippen molar-refractivity contribution in [1.82, 2.24) is 5.32 Å². The van der Waals surface area contributed by atoms with Crippen molar-refractivity contribution in [3.63, 3.8) is 0 Å². The molecule has 3 nitrogen and oxygen atoms in total. The smallest absolute Gasteiger partial charge is 0.0790 e. The van der Waals surface area contributed by atoms with Crippen LogP contribution in [0.3, 0.4) is 0 Å². The van der Waals surface area contributed by atoms with Gasteiger partial charge in [-0.15, -0.1) is 0 Å². The summed E-state index contributed by atoms with van der Waals surface area (Å²) in [6.45, 7) is 5.74. The van der Waals surface area contributed by atoms with Crippen LogP contribution in [0.1, 0.15) is 6.92 Å². The van der Waals surface area contributed by atoms with Gasteiger partial charge in [0, 0.05) is 30.6 Å². The van der Waals surface area contributed by atoms with Gasteiger partial charge in [-0.1, -0.05) is 6.92 Å². The highest BCUT2D eigenvalue weighted by Gasteiger charge is 2.13. The number of ether oxygens (including phenoxy) is 1. The van der Waals surface area contributed by atoms with Crippen molar-refractivity contribution in [2.75, 3.05) is 32.0 Å². The van der Waals surface area contributed by atoms with Gasteiger partial charge in [0.25, 0.3) is 0 Å². The molecule has 1 saturated heterocycles. The number of hydrogen-bond acceptors (Lipinski definition) is 4. The lowest BCUT2D eigenvalue weighted by Gasteiger charge is -2.24. The van der Waals surface area contributed by atoms with Gasteiger partial charge in [-0.2, -0.15) is 11.8 Å². The van der Waals surface area contributed by atoms with E-state index in [4.69, 9.17) is 10.5 Å². The van der Waals surface area contributed by atoms with Crippen molar-refractivity contribution < 1.29 is 4.74 Å². The third-order valence-electron chi connectivity index (χ3n) is 1.90. The summed E-state index contributed by atoms with van der Waals surface area (Å²) in [6, 6.07) is 0. The molecule has 0 spiro atoms. The molecule has 1 aliphatic heterocycles. The minimum Gasteiger partial charge on any atom is -0.375 e. The van der Waals surface area contributed by atoms with Crippen LogP contribution in [-0.4, -0.2) is 43.3 Å². The van der Waals surface area contributed by atoms with Crippen molar-refractivity contribution in [1.29, 1.82) is 0 Å². The molecule has 2 unspecified atom stereocenters. The molecule has 3 N–H and O–H groups in total. The van der Waals surface area contributed by atoms with Crippen LogP contribution in [0.15, 0.2) is 0 Å². The quantitative estimate of drug-likeness (QED) is 0.658. The molecule has 0 bridgehead atoms. The van der Waals surface area contributed by atoms with Crippen LogP contribution < -0.4 is 11.1 Å². The van der Waals surface area contributed by atoms with E-state index in [0.29, 0.717) is 11.4 Å². The van der Waals surface area contributed by atoms with Gasteiger partial charge in [-0.3, -0.25) is 0 Å². The number of rotatable bonds is 4. The van der Waals surface area contributed by atoms with E-state index in [9.17, 15) is 0 Å². The summed E-state index contributed by atoms with van der Waals surface area (Å²) >= 11 is 1.89. The van der Waals surface area contributed by atoms with Gasteiger partial charge in [0.05, 0.1) is 12.7 Å². The molecule has 2 atom stereocenters. The Balaban J connectivity index is 2.05. The molecule has 0 amide bonds. The Labute approximate surface area is 78.4 Å². The first-order valence-electron chi connectivity index (χ1n) is 4.47. The summed E-state index contributed by atoms with van der Waals surface area (Å²) in [4.78, 5) is 0. The Morgan fingerprint density at radius 2 is 2.58 bits per heavy atom. The molecule has 0 aromatic carbocycles. The predicted octanol–water partition coefficient (Wildman–Crippen LogP) is 0.0552. The molecule has 1 aliphatic rings. The van der Waals surface area contributed by atoms with Gasteiger partial charge >= 0.3 is 0 Å². The number of morpholine rings is 1. The van der Waals surface area contributed by atoms with Gasteiger partial charge in [0.2, 0.25) is 0 Å².